The molecule has 20 heavy (non-hydrogen) atoms. The number of hydrogen-bond donors (Lipinski definition) is 2. The molecule has 6 nitrogen and oxygen atoms in total. The van der Waals surface area contributed by atoms with Gasteiger partial charge in [0.2, 0.25) is 10.0 Å². The zero-order chi connectivity index (χ0) is 14.8. The molecule has 0 atom stereocenters. The third kappa shape index (κ3) is 3.63. The van der Waals surface area contributed by atoms with Crippen molar-refractivity contribution in [3.63, 3.8) is 0 Å². The normalized spacial score (nSPS) is 14.7. The van der Waals surface area contributed by atoms with Crippen LogP contribution in [0.15, 0.2) is 17.1 Å². The van der Waals surface area contributed by atoms with E-state index in [0.29, 0.717) is 17.9 Å². The van der Waals surface area contributed by atoms with Crippen LogP contribution < -0.4 is 14.8 Å². The highest BCUT2D eigenvalue weighted by atomic mass is 32.2. The van der Waals surface area contributed by atoms with E-state index in [1.807, 2.05) is 19.1 Å². The van der Waals surface area contributed by atoms with Crippen LogP contribution in [-0.4, -0.2) is 40.7 Å². The van der Waals surface area contributed by atoms with Gasteiger partial charge in [0.1, 0.15) is 11.6 Å². The largest absolute Gasteiger partial charge is 0.495 e. The molecule has 2 rings (SSSR count). The summed E-state index contributed by atoms with van der Waals surface area (Å²) in [5.41, 5.74) is 2.34. The second-order valence-electron chi connectivity index (χ2n) is 4.80. The molecule has 0 radical (unpaired) electrons. The van der Waals surface area contributed by atoms with Crippen molar-refractivity contribution in [1.29, 1.82) is 0 Å². The van der Waals surface area contributed by atoms with Crippen molar-refractivity contribution in [3.8, 4) is 5.75 Å². The number of nitrogens with one attached hydrogen (secondary N) is 2. The summed E-state index contributed by atoms with van der Waals surface area (Å²) < 4.78 is 30.6. The average Bonchev–Trinajstić information content (AvgIpc) is 2.83. The molecule has 1 heterocycles. The number of aliphatic imine (C=N–C) groups is 1. The van der Waals surface area contributed by atoms with Gasteiger partial charge in [0.25, 0.3) is 0 Å². The number of anilines is 1. The second-order valence-corrected chi connectivity index (χ2v) is 6.54. The summed E-state index contributed by atoms with van der Waals surface area (Å²) in [4.78, 5) is 4.35. The molecule has 0 amide bonds. The van der Waals surface area contributed by atoms with Crippen molar-refractivity contribution in [1.82, 2.24) is 5.32 Å². The van der Waals surface area contributed by atoms with E-state index < -0.39 is 10.0 Å². The first-order chi connectivity index (χ1) is 9.39. The van der Waals surface area contributed by atoms with Crippen LogP contribution in [0.4, 0.5) is 5.69 Å². The molecule has 7 heteroatoms. The third-order valence-electron chi connectivity index (χ3n) is 2.98. The lowest BCUT2D eigenvalue weighted by atomic mass is 10.1. The highest BCUT2D eigenvalue weighted by Crippen LogP contribution is 2.30. The van der Waals surface area contributed by atoms with E-state index in [9.17, 15) is 8.42 Å². The monoisotopic (exact) mass is 297 g/mol. The third-order valence-corrected chi connectivity index (χ3v) is 3.56. The maximum Gasteiger partial charge on any atom is 0.229 e. The Labute approximate surface area is 119 Å². The average molecular weight is 297 g/mol. The van der Waals surface area contributed by atoms with Gasteiger partial charge in [-0.25, -0.2) is 8.42 Å². The summed E-state index contributed by atoms with van der Waals surface area (Å²) in [6.07, 6.45) is 1.81. The van der Waals surface area contributed by atoms with E-state index in [4.69, 9.17) is 4.74 Å². The van der Waals surface area contributed by atoms with Crippen LogP contribution in [0.1, 0.15) is 11.1 Å². The zero-order valence-electron chi connectivity index (χ0n) is 11.9. The van der Waals surface area contributed by atoms with E-state index in [-0.39, 0.29) is 0 Å². The molecule has 1 aliphatic heterocycles. The fourth-order valence-corrected chi connectivity index (χ4v) is 2.80. The van der Waals surface area contributed by atoms with E-state index in [1.54, 1.807) is 0 Å². The first kappa shape index (κ1) is 14.6. The number of ether oxygens (including phenoxy) is 1. The summed E-state index contributed by atoms with van der Waals surface area (Å²) in [6, 6.07) is 3.78. The van der Waals surface area contributed by atoms with Crippen LogP contribution in [0, 0.1) is 6.92 Å². The van der Waals surface area contributed by atoms with Gasteiger partial charge in [0, 0.05) is 13.0 Å². The predicted octanol–water partition coefficient (Wildman–Crippen LogP) is 0.919. The number of rotatable bonds is 5. The fourth-order valence-electron chi connectivity index (χ4n) is 2.16. The van der Waals surface area contributed by atoms with Gasteiger partial charge in [-0.1, -0.05) is 6.07 Å². The van der Waals surface area contributed by atoms with Crippen LogP contribution in [0.25, 0.3) is 0 Å². The Hall–Kier alpha value is -1.76. The zero-order valence-corrected chi connectivity index (χ0v) is 12.7. The molecule has 0 bridgehead atoms. The summed E-state index contributed by atoms with van der Waals surface area (Å²) >= 11 is 0. The molecule has 0 saturated heterocycles. The van der Waals surface area contributed by atoms with Crippen LogP contribution in [0.3, 0.4) is 0 Å². The Balaban J connectivity index is 2.31. The van der Waals surface area contributed by atoms with Gasteiger partial charge in [-0.3, -0.25) is 9.71 Å². The number of sulfonamides is 1. The van der Waals surface area contributed by atoms with Crippen molar-refractivity contribution in [2.24, 2.45) is 4.99 Å². The number of amidine groups is 1. The first-order valence-electron chi connectivity index (χ1n) is 6.31. The van der Waals surface area contributed by atoms with Crippen LogP contribution in [0.2, 0.25) is 0 Å². The lowest BCUT2D eigenvalue weighted by molar-refractivity contribution is 0.416. The lowest BCUT2D eigenvalue weighted by Gasteiger charge is -2.15. The highest BCUT2D eigenvalue weighted by Gasteiger charge is 2.14. The Morgan fingerprint density at radius 1 is 1.45 bits per heavy atom. The van der Waals surface area contributed by atoms with E-state index >= 15 is 0 Å². The van der Waals surface area contributed by atoms with Gasteiger partial charge < -0.3 is 10.1 Å². The Morgan fingerprint density at radius 3 is 2.75 bits per heavy atom. The maximum atomic E-state index is 11.4. The quantitative estimate of drug-likeness (QED) is 0.847. The summed E-state index contributed by atoms with van der Waals surface area (Å²) in [5.74, 6) is 1.47. The van der Waals surface area contributed by atoms with Gasteiger partial charge in [-0.15, -0.1) is 0 Å². The van der Waals surface area contributed by atoms with E-state index in [1.165, 1.54) is 7.11 Å². The minimum absolute atomic E-state index is 0.486. The predicted molar refractivity (Wildman–Crippen MR) is 80.2 cm³/mol. The van der Waals surface area contributed by atoms with Gasteiger partial charge in [0.15, 0.2) is 0 Å². The van der Waals surface area contributed by atoms with Gasteiger partial charge >= 0.3 is 0 Å². The maximum absolute atomic E-state index is 11.4. The van der Waals surface area contributed by atoms with Crippen LogP contribution in [-0.2, 0) is 16.4 Å². The summed E-state index contributed by atoms with van der Waals surface area (Å²) in [6.45, 7) is 3.53. The van der Waals surface area contributed by atoms with Gasteiger partial charge in [-0.05, 0) is 24.1 Å². The molecule has 1 aromatic rings. The number of aryl methyl sites for hydroxylation is 1. The number of nitrogens with zero attached hydrogens (tertiary/aromatic N) is 1. The molecule has 0 aromatic heterocycles. The van der Waals surface area contributed by atoms with E-state index in [0.717, 1.165) is 36.3 Å². The van der Waals surface area contributed by atoms with Gasteiger partial charge in [0.05, 0.1) is 25.6 Å². The first-order valence-corrected chi connectivity index (χ1v) is 8.20. The molecular weight excluding hydrogens is 278 g/mol. The number of methoxy groups -OCH3 is 1. The Morgan fingerprint density at radius 2 is 2.20 bits per heavy atom. The molecular formula is C13H19N3O3S. The SMILES string of the molecule is COc1cc(CC2=NCCN2)cc(C)c1NS(C)(=O)=O. The summed E-state index contributed by atoms with van der Waals surface area (Å²) in [5, 5.41) is 3.21. The lowest BCUT2D eigenvalue weighted by Crippen LogP contribution is -2.20. The number of benzene rings is 1. The Kier molecular flexibility index (Phi) is 4.17. The molecule has 0 spiro atoms. The van der Waals surface area contributed by atoms with Gasteiger partial charge in [-0.2, -0.15) is 0 Å². The number of hydrogen-bond acceptors (Lipinski definition) is 5. The van der Waals surface area contributed by atoms with Crippen molar-refractivity contribution in [2.45, 2.75) is 13.3 Å². The molecule has 1 aromatic carbocycles. The molecule has 0 fully saturated rings. The second kappa shape index (κ2) is 5.70. The molecule has 110 valence electrons. The molecule has 0 saturated carbocycles. The Bertz CT molecular complexity index is 639. The van der Waals surface area contributed by atoms with Crippen LogP contribution in [0.5, 0.6) is 5.75 Å². The van der Waals surface area contributed by atoms with Crippen molar-refractivity contribution >= 4 is 21.5 Å². The standard InChI is InChI=1S/C13H19N3O3S/c1-9-6-10(8-12-14-4-5-15-12)7-11(19-2)13(9)16-20(3,17)18/h6-7,16H,4-5,8H2,1-3H3,(H,14,15). The van der Waals surface area contributed by atoms with Crippen molar-refractivity contribution in [3.05, 3.63) is 23.3 Å². The molecule has 2 N–H and O–H groups in total. The molecule has 1 aliphatic rings. The van der Waals surface area contributed by atoms with Crippen LogP contribution >= 0.6 is 0 Å². The minimum Gasteiger partial charge on any atom is -0.495 e. The highest BCUT2D eigenvalue weighted by molar-refractivity contribution is 7.92. The smallest absolute Gasteiger partial charge is 0.229 e. The molecule has 0 unspecified atom stereocenters. The fraction of sp³-hybridized carbons (Fsp3) is 0.462. The van der Waals surface area contributed by atoms with E-state index in [2.05, 4.69) is 15.0 Å². The minimum atomic E-state index is -3.33. The van der Waals surface area contributed by atoms with Crippen molar-refractivity contribution in [2.75, 3.05) is 31.2 Å². The molecule has 0 aliphatic carbocycles. The summed E-state index contributed by atoms with van der Waals surface area (Å²) in [7, 11) is -1.81. The topological polar surface area (TPSA) is 79.8 Å². The van der Waals surface area contributed by atoms with Crippen molar-refractivity contribution < 1.29 is 13.2 Å².